The smallest absolute Gasteiger partial charge is 0.376 e. The Kier molecular flexibility index (Phi) is 3.79. The van der Waals surface area contributed by atoms with E-state index in [2.05, 4.69) is 19.4 Å². The van der Waals surface area contributed by atoms with Crippen molar-refractivity contribution >= 4 is 11.9 Å². The monoisotopic (exact) mass is 276 g/mol. The maximum Gasteiger partial charge on any atom is 0.376 e. The Morgan fingerprint density at radius 3 is 2.50 bits per heavy atom. The molecule has 0 aliphatic heterocycles. The van der Waals surface area contributed by atoms with Gasteiger partial charge in [-0.05, 0) is 19.1 Å². The highest BCUT2D eigenvalue weighted by Gasteiger charge is 2.27. The summed E-state index contributed by atoms with van der Waals surface area (Å²) >= 11 is 0. The second-order valence-electron chi connectivity index (χ2n) is 3.82. The van der Waals surface area contributed by atoms with Gasteiger partial charge in [-0.3, -0.25) is 4.98 Å². The lowest BCUT2D eigenvalue weighted by Gasteiger charge is -1.98. The summed E-state index contributed by atoms with van der Waals surface area (Å²) in [6.07, 6.45) is 1.62. The van der Waals surface area contributed by atoms with Crippen LogP contribution in [0.15, 0.2) is 22.7 Å². The molecule has 0 saturated carbocycles. The number of methoxy groups -OCH3 is 2. The lowest BCUT2D eigenvalue weighted by molar-refractivity contribution is 0.0527. The van der Waals surface area contributed by atoms with Crippen molar-refractivity contribution in [2.75, 3.05) is 14.2 Å². The van der Waals surface area contributed by atoms with Crippen molar-refractivity contribution in [3.63, 3.8) is 0 Å². The van der Waals surface area contributed by atoms with Crippen molar-refractivity contribution in [1.82, 2.24) is 9.97 Å². The summed E-state index contributed by atoms with van der Waals surface area (Å²) in [6, 6.07) is 3.42. The van der Waals surface area contributed by atoms with Crippen molar-refractivity contribution in [2.24, 2.45) is 0 Å². The second kappa shape index (κ2) is 5.52. The van der Waals surface area contributed by atoms with E-state index in [1.807, 2.05) is 0 Å². The SMILES string of the molecule is COC(=O)c1nc(-c2cccnc2C)oc1C(=O)OC. The molecule has 0 radical (unpaired) electrons. The van der Waals surface area contributed by atoms with E-state index in [1.165, 1.54) is 14.2 Å². The first-order valence-electron chi connectivity index (χ1n) is 5.68. The van der Waals surface area contributed by atoms with Crippen LogP contribution in [-0.2, 0) is 9.47 Å². The molecule has 0 spiro atoms. The number of ether oxygens (including phenoxy) is 2. The van der Waals surface area contributed by atoms with E-state index in [9.17, 15) is 9.59 Å². The van der Waals surface area contributed by atoms with Crippen LogP contribution >= 0.6 is 0 Å². The molecule has 0 bridgehead atoms. The van der Waals surface area contributed by atoms with Crippen LogP contribution in [0.4, 0.5) is 0 Å². The number of nitrogens with zero attached hydrogens (tertiary/aromatic N) is 2. The second-order valence-corrected chi connectivity index (χ2v) is 3.82. The summed E-state index contributed by atoms with van der Waals surface area (Å²) in [5.74, 6) is -1.76. The molecule has 2 aromatic rings. The van der Waals surface area contributed by atoms with Crippen LogP contribution in [0, 0.1) is 6.92 Å². The normalized spacial score (nSPS) is 10.2. The van der Waals surface area contributed by atoms with Gasteiger partial charge in [0.15, 0.2) is 0 Å². The number of rotatable bonds is 3. The molecular weight excluding hydrogens is 264 g/mol. The van der Waals surface area contributed by atoms with Gasteiger partial charge < -0.3 is 13.9 Å². The van der Waals surface area contributed by atoms with Crippen LogP contribution in [-0.4, -0.2) is 36.1 Å². The van der Waals surface area contributed by atoms with Gasteiger partial charge in [-0.1, -0.05) is 0 Å². The lowest BCUT2D eigenvalue weighted by atomic mass is 10.2. The maximum absolute atomic E-state index is 11.6. The molecule has 2 rings (SSSR count). The first-order valence-corrected chi connectivity index (χ1v) is 5.68. The molecule has 0 N–H and O–H groups in total. The number of aromatic nitrogens is 2. The molecule has 7 nitrogen and oxygen atoms in total. The van der Waals surface area contributed by atoms with Gasteiger partial charge in [0.05, 0.1) is 19.8 Å². The Morgan fingerprint density at radius 1 is 1.20 bits per heavy atom. The van der Waals surface area contributed by atoms with Crippen molar-refractivity contribution in [2.45, 2.75) is 6.92 Å². The first kappa shape index (κ1) is 13.7. The van der Waals surface area contributed by atoms with Crippen LogP contribution in [0.25, 0.3) is 11.5 Å². The van der Waals surface area contributed by atoms with E-state index < -0.39 is 11.9 Å². The molecule has 20 heavy (non-hydrogen) atoms. The van der Waals surface area contributed by atoms with Crippen molar-refractivity contribution in [3.8, 4) is 11.5 Å². The van der Waals surface area contributed by atoms with Crippen molar-refractivity contribution in [1.29, 1.82) is 0 Å². The predicted octanol–water partition coefficient (Wildman–Crippen LogP) is 1.62. The molecule has 0 fully saturated rings. The minimum atomic E-state index is -0.800. The minimum Gasteiger partial charge on any atom is -0.464 e. The molecule has 0 aromatic carbocycles. The molecule has 0 aliphatic carbocycles. The molecule has 2 aromatic heterocycles. The van der Waals surface area contributed by atoms with E-state index >= 15 is 0 Å². The Balaban J connectivity index is 2.57. The number of pyridine rings is 1. The third-order valence-corrected chi connectivity index (χ3v) is 2.61. The zero-order chi connectivity index (χ0) is 14.7. The number of carbonyl (C=O) groups is 2. The molecule has 0 unspecified atom stereocenters. The zero-order valence-electron chi connectivity index (χ0n) is 11.2. The Labute approximate surface area is 114 Å². The largest absolute Gasteiger partial charge is 0.464 e. The summed E-state index contributed by atoms with van der Waals surface area (Å²) in [5, 5.41) is 0. The van der Waals surface area contributed by atoms with E-state index in [0.29, 0.717) is 11.3 Å². The summed E-state index contributed by atoms with van der Waals surface area (Å²) in [6.45, 7) is 1.76. The fraction of sp³-hybridized carbons (Fsp3) is 0.231. The van der Waals surface area contributed by atoms with Crippen LogP contribution in [0.2, 0.25) is 0 Å². The number of carbonyl (C=O) groups excluding carboxylic acids is 2. The number of aryl methyl sites for hydroxylation is 1. The Morgan fingerprint density at radius 2 is 1.90 bits per heavy atom. The standard InChI is InChI=1S/C13H12N2O5/c1-7-8(5-4-6-14-7)11-15-9(12(16)18-2)10(20-11)13(17)19-3/h4-6H,1-3H3. The fourth-order valence-corrected chi connectivity index (χ4v) is 1.61. The van der Waals surface area contributed by atoms with Crippen molar-refractivity contribution < 1.29 is 23.5 Å². The highest BCUT2D eigenvalue weighted by Crippen LogP contribution is 2.24. The summed E-state index contributed by atoms with van der Waals surface area (Å²) in [4.78, 5) is 31.3. The number of esters is 2. The minimum absolute atomic E-state index is 0.108. The Hall–Kier alpha value is -2.70. The lowest BCUT2D eigenvalue weighted by Crippen LogP contribution is -2.10. The number of oxazole rings is 1. The predicted molar refractivity (Wildman–Crippen MR) is 67.2 cm³/mol. The van der Waals surface area contributed by atoms with Gasteiger partial charge in [0.2, 0.25) is 17.3 Å². The average Bonchev–Trinajstić information content (AvgIpc) is 2.91. The van der Waals surface area contributed by atoms with Gasteiger partial charge in [-0.25, -0.2) is 14.6 Å². The average molecular weight is 276 g/mol. The van der Waals surface area contributed by atoms with Gasteiger partial charge in [0.1, 0.15) is 0 Å². The number of hydrogen-bond donors (Lipinski definition) is 0. The summed E-state index contributed by atoms with van der Waals surface area (Å²) in [5.41, 5.74) is 1.01. The quantitative estimate of drug-likeness (QED) is 0.786. The van der Waals surface area contributed by atoms with Crippen LogP contribution < -0.4 is 0 Å². The van der Waals surface area contributed by atoms with E-state index in [0.717, 1.165) is 0 Å². The molecule has 0 amide bonds. The maximum atomic E-state index is 11.6. The van der Waals surface area contributed by atoms with E-state index in [1.54, 1.807) is 25.3 Å². The highest BCUT2D eigenvalue weighted by molar-refractivity contribution is 6.00. The van der Waals surface area contributed by atoms with Gasteiger partial charge in [0, 0.05) is 11.9 Å². The van der Waals surface area contributed by atoms with Gasteiger partial charge in [0.25, 0.3) is 0 Å². The number of hydrogen-bond acceptors (Lipinski definition) is 7. The molecule has 0 saturated heterocycles. The summed E-state index contributed by atoms with van der Waals surface area (Å²) in [7, 11) is 2.37. The Bertz CT molecular complexity index is 629. The van der Waals surface area contributed by atoms with Crippen LogP contribution in [0.5, 0.6) is 0 Å². The van der Waals surface area contributed by atoms with Gasteiger partial charge >= 0.3 is 11.9 Å². The molecule has 0 aliphatic rings. The molecule has 7 heteroatoms. The third kappa shape index (κ3) is 2.37. The van der Waals surface area contributed by atoms with Crippen LogP contribution in [0.3, 0.4) is 0 Å². The third-order valence-electron chi connectivity index (χ3n) is 2.61. The molecule has 2 heterocycles. The van der Waals surface area contributed by atoms with Crippen LogP contribution in [0.1, 0.15) is 26.7 Å². The van der Waals surface area contributed by atoms with Gasteiger partial charge in [-0.15, -0.1) is 0 Å². The highest BCUT2D eigenvalue weighted by atomic mass is 16.5. The fourth-order valence-electron chi connectivity index (χ4n) is 1.61. The summed E-state index contributed by atoms with van der Waals surface area (Å²) < 4.78 is 14.5. The van der Waals surface area contributed by atoms with Gasteiger partial charge in [-0.2, -0.15) is 0 Å². The van der Waals surface area contributed by atoms with E-state index in [-0.39, 0.29) is 17.3 Å². The van der Waals surface area contributed by atoms with E-state index in [4.69, 9.17) is 4.42 Å². The van der Waals surface area contributed by atoms with Crippen molar-refractivity contribution in [3.05, 3.63) is 35.5 Å². The molecule has 104 valence electrons. The molecule has 0 atom stereocenters. The molecular formula is C13H12N2O5. The zero-order valence-corrected chi connectivity index (χ0v) is 11.2. The topological polar surface area (TPSA) is 91.5 Å². The first-order chi connectivity index (χ1) is 9.58.